The lowest BCUT2D eigenvalue weighted by Crippen LogP contribution is -2.39. The van der Waals surface area contributed by atoms with Crippen molar-refractivity contribution < 1.29 is 14.6 Å². The molecule has 1 aliphatic rings. The molecular formula is C13H19N3O3. The van der Waals surface area contributed by atoms with Crippen LogP contribution < -0.4 is 4.90 Å². The molecule has 0 spiro atoms. The monoisotopic (exact) mass is 265 g/mol. The largest absolute Gasteiger partial charge is 0.476 e. The van der Waals surface area contributed by atoms with Gasteiger partial charge in [0, 0.05) is 32.1 Å². The molecule has 6 heteroatoms. The highest BCUT2D eigenvalue weighted by Gasteiger charge is 2.34. The van der Waals surface area contributed by atoms with Gasteiger partial charge in [0.25, 0.3) is 0 Å². The van der Waals surface area contributed by atoms with Crippen LogP contribution in [0.25, 0.3) is 0 Å². The molecule has 1 saturated carbocycles. The normalized spacial score (nSPS) is 16.1. The minimum Gasteiger partial charge on any atom is -0.476 e. The van der Waals surface area contributed by atoms with Gasteiger partial charge in [-0.05, 0) is 25.7 Å². The smallest absolute Gasteiger partial charge is 0.358 e. The number of hydrogen-bond acceptors (Lipinski definition) is 5. The molecule has 1 aromatic heterocycles. The van der Waals surface area contributed by atoms with Crippen LogP contribution in [0.4, 0.5) is 5.82 Å². The molecule has 0 aromatic carbocycles. The zero-order valence-corrected chi connectivity index (χ0v) is 11.2. The SMILES string of the molecule is COCCN(c1nccnc1C(=O)O)C(C)C1CC1. The van der Waals surface area contributed by atoms with Gasteiger partial charge in [-0.15, -0.1) is 0 Å². The van der Waals surface area contributed by atoms with E-state index >= 15 is 0 Å². The number of hydrogen-bond donors (Lipinski definition) is 1. The van der Waals surface area contributed by atoms with Gasteiger partial charge >= 0.3 is 5.97 Å². The first kappa shape index (κ1) is 13.7. The lowest BCUT2D eigenvalue weighted by Gasteiger charge is -2.30. The van der Waals surface area contributed by atoms with Gasteiger partial charge in [-0.1, -0.05) is 0 Å². The summed E-state index contributed by atoms with van der Waals surface area (Å²) in [6, 6.07) is 0.255. The van der Waals surface area contributed by atoms with Crippen molar-refractivity contribution in [1.82, 2.24) is 9.97 Å². The molecule has 1 aromatic rings. The van der Waals surface area contributed by atoms with Crippen LogP contribution in [0.15, 0.2) is 12.4 Å². The number of carbonyl (C=O) groups is 1. The van der Waals surface area contributed by atoms with E-state index in [2.05, 4.69) is 16.9 Å². The summed E-state index contributed by atoms with van der Waals surface area (Å²) in [7, 11) is 1.63. The fourth-order valence-corrected chi connectivity index (χ4v) is 2.22. The van der Waals surface area contributed by atoms with E-state index in [9.17, 15) is 9.90 Å². The van der Waals surface area contributed by atoms with Crippen molar-refractivity contribution in [3.8, 4) is 0 Å². The lowest BCUT2D eigenvalue weighted by atomic mass is 10.1. The Bertz CT molecular complexity index is 449. The van der Waals surface area contributed by atoms with Crippen molar-refractivity contribution in [2.75, 3.05) is 25.2 Å². The van der Waals surface area contributed by atoms with E-state index in [-0.39, 0.29) is 11.7 Å². The summed E-state index contributed by atoms with van der Waals surface area (Å²) in [5.41, 5.74) is 0.00565. The number of carboxylic acids is 1. The Hall–Kier alpha value is -1.69. The molecule has 0 aliphatic heterocycles. The van der Waals surface area contributed by atoms with Crippen LogP contribution in [-0.4, -0.2) is 47.3 Å². The third kappa shape index (κ3) is 3.20. The molecule has 6 nitrogen and oxygen atoms in total. The molecule has 1 atom stereocenters. The predicted octanol–water partition coefficient (Wildman–Crippen LogP) is 1.43. The van der Waals surface area contributed by atoms with Crippen LogP contribution in [0.5, 0.6) is 0 Å². The standard InChI is InChI=1S/C13H19N3O3/c1-9(10-3-4-10)16(7-8-19-2)12-11(13(17)18)14-5-6-15-12/h5-6,9-10H,3-4,7-8H2,1-2H3,(H,17,18). The second kappa shape index (κ2) is 5.97. The summed E-state index contributed by atoms with van der Waals surface area (Å²) in [5.74, 6) is 0.000436. The maximum atomic E-state index is 11.2. The fourth-order valence-electron chi connectivity index (χ4n) is 2.22. The van der Waals surface area contributed by atoms with E-state index < -0.39 is 5.97 Å². The van der Waals surface area contributed by atoms with E-state index in [4.69, 9.17) is 4.74 Å². The Labute approximate surface area is 112 Å². The van der Waals surface area contributed by atoms with Crippen LogP contribution in [0.3, 0.4) is 0 Å². The molecular weight excluding hydrogens is 246 g/mol. The molecule has 0 saturated heterocycles. The van der Waals surface area contributed by atoms with Crippen LogP contribution in [0.1, 0.15) is 30.3 Å². The van der Waals surface area contributed by atoms with Gasteiger partial charge in [-0.2, -0.15) is 0 Å². The Morgan fingerprint density at radius 3 is 2.79 bits per heavy atom. The average Bonchev–Trinajstić information content (AvgIpc) is 3.23. The molecule has 0 amide bonds. The molecule has 1 unspecified atom stereocenters. The van der Waals surface area contributed by atoms with Crippen LogP contribution >= 0.6 is 0 Å². The van der Waals surface area contributed by atoms with Gasteiger partial charge in [0.15, 0.2) is 11.5 Å². The Morgan fingerprint density at radius 1 is 1.53 bits per heavy atom. The van der Waals surface area contributed by atoms with E-state index in [1.807, 2.05) is 4.90 Å². The second-order valence-corrected chi connectivity index (χ2v) is 4.80. The highest BCUT2D eigenvalue weighted by Crippen LogP contribution is 2.36. The summed E-state index contributed by atoms with van der Waals surface area (Å²) >= 11 is 0. The van der Waals surface area contributed by atoms with Gasteiger partial charge in [-0.25, -0.2) is 14.8 Å². The first-order chi connectivity index (χ1) is 9.15. The minimum atomic E-state index is -1.05. The van der Waals surface area contributed by atoms with Crippen molar-refractivity contribution >= 4 is 11.8 Å². The van der Waals surface area contributed by atoms with Crippen LogP contribution in [0.2, 0.25) is 0 Å². The molecule has 1 N–H and O–H groups in total. The maximum absolute atomic E-state index is 11.2. The number of aromatic carboxylic acids is 1. The molecule has 1 fully saturated rings. The molecule has 1 heterocycles. The van der Waals surface area contributed by atoms with Gasteiger partial charge in [0.2, 0.25) is 0 Å². The van der Waals surface area contributed by atoms with Gasteiger partial charge in [0.05, 0.1) is 6.61 Å². The van der Waals surface area contributed by atoms with Gasteiger partial charge in [-0.3, -0.25) is 0 Å². The molecule has 104 valence electrons. The number of nitrogens with zero attached hydrogens (tertiary/aromatic N) is 3. The fraction of sp³-hybridized carbons (Fsp3) is 0.615. The lowest BCUT2D eigenvalue weighted by molar-refractivity contribution is 0.0690. The summed E-state index contributed by atoms with van der Waals surface area (Å²) in [6.07, 6.45) is 5.31. The molecule has 0 bridgehead atoms. The highest BCUT2D eigenvalue weighted by atomic mass is 16.5. The Morgan fingerprint density at radius 2 is 2.21 bits per heavy atom. The summed E-state index contributed by atoms with van der Waals surface area (Å²) in [4.78, 5) is 21.4. The predicted molar refractivity (Wildman–Crippen MR) is 70.4 cm³/mol. The van der Waals surface area contributed by atoms with E-state index in [0.717, 1.165) is 0 Å². The van der Waals surface area contributed by atoms with Gasteiger partial charge < -0.3 is 14.7 Å². The van der Waals surface area contributed by atoms with Gasteiger partial charge in [0.1, 0.15) is 0 Å². The molecule has 0 radical (unpaired) electrons. The highest BCUT2D eigenvalue weighted by molar-refractivity contribution is 5.91. The third-order valence-electron chi connectivity index (χ3n) is 3.49. The Kier molecular flexibility index (Phi) is 4.31. The number of methoxy groups -OCH3 is 1. The molecule has 2 rings (SSSR count). The van der Waals surface area contributed by atoms with Crippen molar-refractivity contribution in [2.24, 2.45) is 5.92 Å². The Balaban J connectivity index is 2.28. The van der Waals surface area contributed by atoms with Crippen molar-refractivity contribution in [1.29, 1.82) is 0 Å². The second-order valence-electron chi connectivity index (χ2n) is 4.80. The maximum Gasteiger partial charge on any atom is 0.358 e. The minimum absolute atomic E-state index is 0.00565. The average molecular weight is 265 g/mol. The summed E-state index contributed by atoms with van der Waals surface area (Å²) in [6.45, 7) is 3.26. The number of ether oxygens (including phenoxy) is 1. The summed E-state index contributed by atoms with van der Waals surface area (Å²) < 4.78 is 5.11. The van der Waals surface area contributed by atoms with Crippen molar-refractivity contribution in [2.45, 2.75) is 25.8 Å². The number of aromatic nitrogens is 2. The number of rotatable bonds is 7. The van der Waals surface area contributed by atoms with Crippen molar-refractivity contribution in [3.63, 3.8) is 0 Å². The topological polar surface area (TPSA) is 75.5 Å². The first-order valence-electron chi connectivity index (χ1n) is 6.45. The molecule has 1 aliphatic carbocycles. The zero-order chi connectivity index (χ0) is 13.8. The zero-order valence-electron chi connectivity index (χ0n) is 11.2. The van der Waals surface area contributed by atoms with Crippen molar-refractivity contribution in [3.05, 3.63) is 18.1 Å². The van der Waals surface area contributed by atoms with E-state index in [0.29, 0.717) is 24.9 Å². The van der Waals surface area contributed by atoms with E-state index in [1.165, 1.54) is 25.2 Å². The first-order valence-corrected chi connectivity index (χ1v) is 6.45. The van der Waals surface area contributed by atoms with Crippen LogP contribution in [0, 0.1) is 5.92 Å². The van der Waals surface area contributed by atoms with Crippen LogP contribution in [-0.2, 0) is 4.74 Å². The van der Waals surface area contributed by atoms with E-state index in [1.54, 1.807) is 7.11 Å². The number of anilines is 1. The summed E-state index contributed by atoms with van der Waals surface area (Å²) in [5, 5.41) is 9.22. The molecule has 19 heavy (non-hydrogen) atoms. The quantitative estimate of drug-likeness (QED) is 0.803. The third-order valence-corrected chi connectivity index (χ3v) is 3.49. The number of carboxylic acid groups (broad SMARTS) is 1.